The zero-order chi connectivity index (χ0) is 18.4. The Bertz CT molecular complexity index is 1010. The summed E-state index contributed by atoms with van der Waals surface area (Å²) in [4.78, 5) is 0. The quantitative estimate of drug-likeness (QED) is 0.482. The SMILES string of the molecule is C/C(=C\c1ccccc1)[C@@H]1[C@H](c2cccc(Cl)c2)[C@@H]2O[C@H]1c1ccccc12. The maximum Gasteiger partial charge on any atom is 0.0912 e. The molecule has 3 aromatic carbocycles. The van der Waals surface area contributed by atoms with E-state index in [9.17, 15) is 0 Å². The van der Waals surface area contributed by atoms with Gasteiger partial charge in [0.05, 0.1) is 12.2 Å². The van der Waals surface area contributed by atoms with Crippen molar-refractivity contribution in [3.05, 3.63) is 112 Å². The minimum absolute atomic E-state index is 0.0915. The number of hydrogen-bond acceptors (Lipinski definition) is 1. The van der Waals surface area contributed by atoms with Crippen molar-refractivity contribution in [3.8, 4) is 0 Å². The summed E-state index contributed by atoms with van der Waals surface area (Å²) < 4.78 is 6.54. The van der Waals surface area contributed by atoms with Gasteiger partial charge in [-0.25, -0.2) is 0 Å². The highest BCUT2D eigenvalue weighted by molar-refractivity contribution is 6.30. The molecule has 0 radical (unpaired) electrons. The normalized spacial score (nSPS) is 26.2. The van der Waals surface area contributed by atoms with Crippen molar-refractivity contribution in [1.82, 2.24) is 0 Å². The van der Waals surface area contributed by atoms with Crippen molar-refractivity contribution in [3.63, 3.8) is 0 Å². The van der Waals surface area contributed by atoms with Crippen LogP contribution < -0.4 is 0 Å². The molecule has 134 valence electrons. The number of ether oxygens (including phenoxy) is 1. The molecule has 2 aliphatic heterocycles. The van der Waals surface area contributed by atoms with Crippen molar-refractivity contribution < 1.29 is 4.74 Å². The molecule has 0 amide bonds. The van der Waals surface area contributed by atoms with E-state index in [1.807, 2.05) is 12.1 Å². The van der Waals surface area contributed by atoms with Crippen LogP contribution in [0.25, 0.3) is 6.08 Å². The molecule has 0 aliphatic carbocycles. The van der Waals surface area contributed by atoms with Crippen molar-refractivity contribution in [2.24, 2.45) is 5.92 Å². The van der Waals surface area contributed by atoms with Crippen LogP contribution in [0, 0.1) is 5.92 Å². The minimum Gasteiger partial charge on any atom is -0.364 e. The Hall–Kier alpha value is -2.35. The number of hydrogen-bond donors (Lipinski definition) is 0. The molecule has 2 bridgehead atoms. The third kappa shape index (κ3) is 2.82. The Morgan fingerprint density at radius 2 is 1.56 bits per heavy atom. The largest absolute Gasteiger partial charge is 0.364 e. The highest BCUT2D eigenvalue weighted by Gasteiger charge is 2.53. The van der Waals surface area contributed by atoms with Gasteiger partial charge in [0.15, 0.2) is 0 Å². The van der Waals surface area contributed by atoms with E-state index in [0.717, 1.165) is 5.02 Å². The lowest BCUT2D eigenvalue weighted by Gasteiger charge is -2.31. The third-order valence-electron chi connectivity index (χ3n) is 5.89. The summed E-state index contributed by atoms with van der Waals surface area (Å²) in [5, 5.41) is 0.784. The molecule has 1 fully saturated rings. The summed E-state index contributed by atoms with van der Waals surface area (Å²) in [5.74, 6) is 0.590. The van der Waals surface area contributed by atoms with Crippen LogP contribution in [0.2, 0.25) is 5.02 Å². The monoisotopic (exact) mass is 372 g/mol. The van der Waals surface area contributed by atoms with E-state index < -0.39 is 0 Å². The van der Waals surface area contributed by atoms with Gasteiger partial charge < -0.3 is 4.74 Å². The highest BCUT2D eigenvalue weighted by atomic mass is 35.5. The lowest BCUT2D eigenvalue weighted by atomic mass is 9.70. The fourth-order valence-corrected chi connectivity index (χ4v) is 4.99. The van der Waals surface area contributed by atoms with Crippen LogP contribution in [0.4, 0.5) is 0 Å². The van der Waals surface area contributed by atoms with Crippen molar-refractivity contribution >= 4 is 17.7 Å². The topological polar surface area (TPSA) is 9.23 Å². The molecule has 0 N–H and O–H groups in total. The molecular formula is C25H21ClO. The Labute approximate surface area is 165 Å². The van der Waals surface area contributed by atoms with Crippen LogP contribution in [0.5, 0.6) is 0 Å². The van der Waals surface area contributed by atoms with Gasteiger partial charge >= 0.3 is 0 Å². The fourth-order valence-electron chi connectivity index (χ4n) is 4.79. The van der Waals surface area contributed by atoms with E-state index in [2.05, 4.69) is 79.7 Å². The Morgan fingerprint density at radius 1 is 0.852 bits per heavy atom. The highest BCUT2D eigenvalue weighted by Crippen LogP contribution is 2.63. The number of rotatable bonds is 3. The Kier molecular flexibility index (Phi) is 4.15. The molecule has 5 rings (SSSR count). The lowest BCUT2D eigenvalue weighted by molar-refractivity contribution is 0.0612. The first-order valence-electron chi connectivity index (χ1n) is 9.45. The van der Waals surface area contributed by atoms with Gasteiger partial charge in [-0.3, -0.25) is 0 Å². The van der Waals surface area contributed by atoms with Crippen LogP contribution >= 0.6 is 11.6 Å². The molecule has 2 heterocycles. The fraction of sp³-hybridized carbons (Fsp3) is 0.200. The summed E-state index contributed by atoms with van der Waals surface area (Å²) in [5.41, 5.74) is 6.52. The number of fused-ring (bicyclic) bond motifs is 5. The van der Waals surface area contributed by atoms with Gasteiger partial charge in [-0.1, -0.05) is 90.0 Å². The van der Waals surface area contributed by atoms with Gasteiger partial charge in [0.1, 0.15) is 0 Å². The molecular weight excluding hydrogens is 352 g/mol. The molecule has 0 spiro atoms. The summed E-state index contributed by atoms with van der Waals surface area (Å²) >= 11 is 6.33. The Morgan fingerprint density at radius 3 is 2.30 bits per heavy atom. The maximum atomic E-state index is 6.54. The van der Waals surface area contributed by atoms with Gasteiger partial charge in [0, 0.05) is 16.9 Å². The molecule has 4 atom stereocenters. The number of halogens is 1. The van der Waals surface area contributed by atoms with E-state index in [0.29, 0.717) is 5.92 Å². The first kappa shape index (κ1) is 16.8. The smallest absolute Gasteiger partial charge is 0.0912 e. The molecule has 1 saturated heterocycles. The summed E-state index contributed by atoms with van der Waals surface area (Å²) in [6, 6.07) is 27.5. The molecule has 0 unspecified atom stereocenters. The maximum absolute atomic E-state index is 6.54. The second kappa shape index (κ2) is 6.67. The molecule has 3 aromatic rings. The Balaban J connectivity index is 1.62. The van der Waals surface area contributed by atoms with Crippen LogP contribution in [-0.4, -0.2) is 0 Å². The zero-order valence-electron chi connectivity index (χ0n) is 15.2. The molecule has 2 aliphatic rings. The van der Waals surface area contributed by atoms with Crippen LogP contribution in [0.3, 0.4) is 0 Å². The van der Waals surface area contributed by atoms with Gasteiger partial charge in [-0.05, 0) is 41.3 Å². The second-order valence-corrected chi connectivity index (χ2v) is 7.95. The van der Waals surface area contributed by atoms with E-state index in [4.69, 9.17) is 16.3 Å². The van der Waals surface area contributed by atoms with Crippen LogP contribution in [-0.2, 0) is 4.74 Å². The van der Waals surface area contributed by atoms with Crippen LogP contribution in [0.15, 0.2) is 84.4 Å². The minimum atomic E-state index is 0.0915. The average molecular weight is 373 g/mol. The van der Waals surface area contributed by atoms with E-state index in [1.165, 1.54) is 27.8 Å². The molecule has 27 heavy (non-hydrogen) atoms. The van der Waals surface area contributed by atoms with Gasteiger partial charge in [-0.2, -0.15) is 0 Å². The standard InChI is InChI=1S/C25H21ClO/c1-16(14-17-8-3-2-4-9-17)22-23(18-10-7-11-19(26)15-18)25-21-13-6-5-12-20(21)24(22)27-25/h2-15,22-25H,1H3/b16-14+/t22-,23+,24+,25-/m1/s1. The third-order valence-corrected chi connectivity index (χ3v) is 6.13. The molecule has 0 saturated carbocycles. The molecule has 2 heteroatoms. The average Bonchev–Trinajstić information content (AvgIpc) is 3.26. The summed E-state index contributed by atoms with van der Waals surface area (Å²) in [6.45, 7) is 2.24. The van der Waals surface area contributed by atoms with Gasteiger partial charge in [0.2, 0.25) is 0 Å². The zero-order valence-corrected chi connectivity index (χ0v) is 15.9. The van der Waals surface area contributed by atoms with E-state index in [-0.39, 0.29) is 18.1 Å². The number of benzene rings is 3. The second-order valence-electron chi connectivity index (χ2n) is 7.51. The van der Waals surface area contributed by atoms with Crippen molar-refractivity contribution in [2.45, 2.75) is 25.0 Å². The van der Waals surface area contributed by atoms with E-state index >= 15 is 0 Å². The lowest BCUT2D eigenvalue weighted by Crippen LogP contribution is -2.21. The van der Waals surface area contributed by atoms with E-state index in [1.54, 1.807) is 0 Å². The predicted octanol–water partition coefficient (Wildman–Crippen LogP) is 6.97. The molecule has 1 nitrogen and oxygen atoms in total. The first-order chi connectivity index (χ1) is 13.2. The van der Waals surface area contributed by atoms with Gasteiger partial charge in [0.25, 0.3) is 0 Å². The summed E-state index contributed by atoms with van der Waals surface area (Å²) in [6.07, 6.45) is 2.50. The van der Waals surface area contributed by atoms with Crippen molar-refractivity contribution in [2.75, 3.05) is 0 Å². The predicted molar refractivity (Wildman–Crippen MR) is 111 cm³/mol. The first-order valence-corrected chi connectivity index (χ1v) is 9.83. The van der Waals surface area contributed by atoms with Crippen LogP contribution in [0.1, 0.15) is 47.3 Å². The van der Waals surface area contributed by atoms with Gasteiger partial charge in [-0.15, -0.1) is 0 Å². The summed E-state index contributed by atoms with van der Waals surface area (Å²) in [7, 11) is 0. The van der Waals surface area contributed by atoms with Crippen molar-refractivity contribution in [1.29, 1.82) is 0 Å². The molecule has 0 aromatic heterocycles.